The molecule has 1 fully saturated rings. The fourth-order valence-corrected chi connectivity index (χ4v) is 4.00. The molecule has 1 atom stereocenters. The second kappa shape index (κ2) is 9.97. The highest BCUT2D eigenvalue weighted by Crippen LogP contribution is 2.32. The van der Waals surface area contributed by atoms with E-state index in [2.05, 4.69) is 21.6 Å². The van der Waals surface area contributed by atoms with E-state index in [-0.39, 0.29) is 24.8 Å². The van der Waals surface area contributed by atoms with E-state index in [0.29, 0.717) is 23.2 Å². The van der Waals surface area contributed by atoms with Crippen molar-refractivity contribution in [3.05, 3.63) is 35.0 Å². The van der Waals surface area contributed by atoms with Crippen LogP contribution in [0.15, 0.2) is 18.2 Å². The number of hydrogen-bond donors (Lipinski definition) is 3. The molecule has 2 heterocycles. The average molecular weight is 436 g/mol. The van der Waals surface area contributed by atoms with E-state index < -0.39 is 0 Å². The van der Waals surface area contributed by atoms with Gasteiger partial charge in [0.2, 0.25) is 5.95 Å². The fourth-order valence-electron chi connectivity index (χ4n) is 4.00. The summed E-state index contributed by atoms with van der Waals surface area (Å²) in [6, 6.07) is 7.87. The van der Waals surface area contributed by atoms with Gasteiger partial charge in [-0.2, -0.15) is 10.2 Å². The summed E-state index contributed by atoms with van der Waals surface area (Å²) in [5, 5.41) is 15.8. The number of halogens is 2. The third-order valence-corrected chi connectivity index (χ3v) is 5.40. The van der Waals surface area contributed by atoms with Gasteiger partial charge < -0.3 is 21.3 Å². The van der Waals surface area contributed by atoms with Crippen LogP contribution in [0.3, 0.4) is 0 Å². The van der Waals surface area contributed by atoms with E-state index in [1.165, 1.54) is 18.4 Å². The van der Waals surface area contributed by atoms with Crippen LogP contribution in [0, 0.1) is 11.3 Å². The van der Waals surface area contributed by atoms with Crippen molar-refractivity contribution in [1.82, 2.24) is 15.3 Å². The fraction of sp³-hybridized carbons (Fsp3) is 0.450. The molecule has 0 amide bonds. The summed E-state index contributed by atoms with van der Waals surface area (Å²) >= 11 is 0. The molecule has 1 unspecified atom stereocenters. The van der Waals surface area contributed by atoms with Crippen molar-refractivity contribution < 1.29 is 0 Å². The molecule has 0 radical (unpaired) electrons. The van der Waals surface area contributed by atoms with Gasteiger partial charge in [-0.05, 0) is 57.4 Å². The predicted molar refractivity (Wildman–Crippen MR) is 122 cm³/mol. The Morgan fingerprint density at radius 3 is 2.69 bits per heavy atom. The van der Waals surface area contributed by atoms with Gasteiger partial charge in [0.25, 0.3) is 0 Å². The third-order valence-electron chi connectivity index (χ3n) is 5.40. The molecule has 1 saturated heterocycles. The summed E-state index contributed by atoms with van der Waals surface area (Å²) in [6.45, 7) is 1.97. The number of nitrogen functional groups attached to an aromatic ring is 1. The normalized spacial score (nSPS) is 17.5. The molecule has 2 aromatic rings. The summed E-state index contributed by atoms with van der Waals surface area (Å²) in [6.07, 6.45) is 5.52. The first-order chi connectivity index (χ1) is 13.2. The summed E-state index contributed by atoms with van der Waals surface area (Å²) < 4.78 is 0. The van der Waals surface area contributed by atoms with Gasteiger partial charge in [0, 0.05) is 36.1 Å². The molecular weight excluding hydrogens is 409 g/mol. The van der Waals surface area contributed by atoms with Crippen LogP contribution in [0.25, 0.3) is 0 Å². The lowest BCUT2D eigenvalue weighted by molar-refractivity contribution is 0.615. The Balaban J connectivity index is 0.00000150. The molecule has 29 heavy (non-hydrogen) atoms. The van der Waals surface area contributed by atoms with Crippen molar-refractivity contribution in [1.29, 1.82) is 5.26 Å². The van der Waals surface area contributed by atoms with Gasteiger partial charge in [0.15, 0.2) is 0 Å². The number of aryl methyl sites for hydroxylation is 1. The Bertz CT molecular complexity index is 897. The molecule has 4 rings (SSSR count). The van der Waals surface area contributed by atoms with Crippen LogP contribution in [0.4, 0.5) is 23.1 Å². The number of benzene rings is 1. The highest BCUT2D eigenvalue weighted by Gasteiger charge is 2.27. The zero-order valence-electron chi connectivity index (χ0n) is 16.4. The van der Waals surface area contributed by atoms with Crippen molar-refractivity contribution in [3.63, 3.8) is 0 Å². The van der Waals surface area contributed by atoms with E-state index >= 15 is 0 Å². The molecule has 1 aromatic heterocycles. The summed E-state index contributed by atoms with van der Waals surface area (Å²) in [7, 11) is 2.02. The lowest BCUT2D eigenvalue weighted by Crippen LogP contribution is -2.31. The Labute approximate surface area is 183 Å². The van der Waals surface area contributed by atoms with Crippen LogP contribution in [-0.2, 0) is 12.8 Å². The molecule has 7 nitrogen and oxygen atoms in total. The number of anilines is 4. The summed E-state index contributed by atoms with van der Waals surface area (Å²) in [5.74, 6) is 1.64. The highest BCUT2D eigenvalue weighted by atomic mass is 35.5. The summed E-state index contributed by atoms with van der Waals surface area (Å²) in [5.41, 5.74) is 10.2. The second-order valence-electron chi connectivity index (χ2n) is 7.30. The van der Waals surface area contributed by atoms with E-state index in [9.17, 15) is 0 Å². The van der Waals surface area contributed by atoms with Gasteiger partial charge in [-0.1, -0.05) is 0 Å². The molecule has 156 valence electrons. The minimum Gasteiger partial charge on any atom is -0.399 e. The maximum atomic E-state index is 9.17. The Morgan fingerprint density at radius 1 is 1.17 bits per heavy atom. The van der Waals surface area contributed by atoms with Crippen molar-refractivity contribution in [2.75, 3.05) is 36.1 Å². The Hall–Kier alpha value is -2.27. The number of aromatic nitrogens is 2. The van der Waals surface area contributed by atoms with Gasteiger partial charge in [-0.3, -0.25) is 0 Å². The quantitative estimate of drug-likeness (QED) is 0.633. The molecule has 9 heteroatoms. The molecule has 0 bridgehead atoms. The topological polar surface area (TPSA) is 103 Å². The number of rotatable bonds is 4. The summed E-state index contributed by atoms with van der Waals surface area (Å²) in [4.78, 5) is 12.0. The molecule has 1 aliphatic heterocycles. The number of fused-ring (bicyclic) bond motifs is 1. The van der Waals surface area contributed by atoms with Crippen molar-refractivity contribution >= 4 is 48.0 Å². The van der Waals surface area contributed by atoms with Crippen molar-refractivity contribution in [2.24, 2.45) is 0 Å². The van der Waals surface area contributed by atoms with Crippen molar-refractivity contribution in [2.45, 2.75) is 38.1 Å². The van der Waals surface area contributed by atoms with Gasteiger partial charge in [-0.25, -0.2) is 4.98 Å². The minimum atomic E-state index is 0. The molecule has 1 aliphatic carbocycles. The molecule has 0 saturated carbocycles. The zero-order chi connectivity index (χ0) is 18.8. The van der Waals surface area contributed by atoms with Crippen LogP contribution in [-0.4, -0.2) is 36.1 Å². The van der Waals surface area contributed by atoms with E-state index in [4.69, 9.17) is 21.0 Å². The van der Waals surface area contributed by atoms with Crippen LogP contribution in [0.5, 0.6) is 0 Å². The lowest BCUT2D eigenvalue weighted by atomic mass is 9.96. The third kappa shape index (κ3) is 5.02. The Kier molecular flexibility index (Phi) is 7.91. The maximum absolute atomic E-state index is 9.17. The number of likely N-dealkylation sites (N-methyl/N-ethyl adjacent to an activating group) is 1. The monoisotopic (exact) mass is 435 g/mol. The second-order valence-corrected chi connectivity index (χ2v) is 7.30. The number of hydrogen-bond acceptors (Lipinski definition) is 7. The standard InChI is InChI=1S/C20H25N7.2ClH/c1-23-15-6-7-27(12-15)19-17-4-2-3-5-18(17)25-20(26-19)24-16-9-13(11-21)8-14(22)10-16;;/h8-10,15,23H,2-7,12,22H2,1H3,(H,24,25,26);2*1H. The SMILES string of the molecule is CNC1CCN(c2nc(Nc3cc(N)cc(C#N)c3)nc3c2CCCC3)C1.Cl.Cl. The van der Waals surface area contributed by atoms with Gasteiger partial charge >= 0.3 is 0 Å². The first-order valence-corrected chi connectivity index (χ1v) is 9.56. The molecule has 1 aromatic carbocycles. The number of nitrogens with zero attached hydrogens (tertiary/aromatic N) is 4. The van der Waals surface area contributed by atoms with Crippen molar-refractivity contribution in [3.8, 4) is 6.07 Å². The number of nitrogens with two attached hydrogens (primary N) is 1. The average Bonchev–Trinajstić information content (AvgIpc) is 3.16. The molecule has 2 aliphatic rings. The largest absolute Gasteiger partial charge is 0.399 e. The number of nitriles is 1. The maximum Gasteiger partial charge on any atom is 0.229 e. The first-order valence-electron chi connectivity index (χ1n) is 9.56. The first kappa shape index (κ1) is 23.0. The van der Waals surface area contributed by atoms with E-state index in [1.54, 1.807) is 18.2 Å². The van der Waals surface area contributed by atoms with Crippen LogP contribution >= 0.6 is 24.8 Å². The molecule has 4 N–H and O–H groups in total. The lowest BCUT2D eigenvalue weighted by Gasteiger charge is -2.25. The molecule has 0 spiro atoms. The van der Waals surface area contributed by atoms with Crippen LogP contribution in [0.2, 0.25) is 0 Å². The van der Waals surface area contributed by atoms with E-state index in [1.807, 2.05) is 7.05 Å². The molecular formula is C20H27Cl2N7. The van der Waals surface area contributed by atoms with Gasteiger partial charge in [-0.15, -0.1) is 24.8 Å². The smallest absolute Gasteiger partial charge is 0.229 e. The van der Waals surface area contributed by atoms with Crippen LogP contribution < -0.4 is 21.3 Å². The zero-order valence-corrected chi connectivity index (χ0v) is 18.1. The van der Waals surface area contributed by atoms with Gasteiger partial charge in [0.05, 0.1) is 17.3 Å². The highest BCUT2D eigenvalue weighted by molar-refractivity contribution is 5.85. The minimum absolute atomic E-state index is 0. The predicted octanol–water partition coefficient (Wildman–Crippen LogP) is 3.19. The van der Waals surface area contributed by atoms with Gasteiger partial charge in [0.1, 0.15) is 5.82 Å². The van der Waals surface area contributed by atoms with Crippen LogP contribution in [0.1, 0.15) is 36.1 Å². The Morgan fingerprint density at radius 2 is 1.97 bits per heavy atom. The number of nitrogens with one attached hydrogen (secondary N) is 2. The van der Waals surface area contributed by atoms with E-state index in [0.717, 1.165) is 49.6 Å².